The van der Waals surface area contributed by atoms with Gasteiger partial charge < -0.3 is 10.1 Å². The van der Waals surface area contributed by atoms with Gasteiger partial charge in [-0.3, -0.25) is 9.69 Å². The Morgan fingerprint density at radius 3 is 2.76 bits per heavy atom. The van der Waals surface area contributed by atoms with Gasteiger partial charge in [0.25, 0.3) is 0 Å². The summed E-state index contributed by atoms with van der Waals surface area (Å²) in [6, 6.07) is 18.9. The lowest BCUT2D eigenvalue weighted by Gasteiger charge is -2.24. The van der Waals surface area contributed by atoms with Crippen LogP contribution in [0.3, 0.4) is 0 Å². The molecule has 4 nitrogen and oxygen atoms in total. The van der Waals surface area contributed by atoms with Crippen molar-refractivity contribution in [2.45, 2.75) is 31.4 Å². The smallest absolute Gasteiger partial charge is 0.234 e. The molecule has 4 rings (SSSR count). The third-order valence-electron chi connectivity index (χ3n) is 5.14. The first kappa shape index (κ1) is 16.2. The van der Waals surface area contributed by atoms with Crippen LogP contribution in [0.5, 0.6) is 5.75 Å². The van der Waals surface area contributed by atoms with Gasteiger partial charge in [-0.05, 0) is 36.6 Å². The molecule has 2 heterocycles. The van der Waals surface area contributed by atoms with E-state index >= 15 is 0 Å². The number of para-hydroxylation sites is 1. The summed E-state index contributed by atoms with van der Waals surface area (Å²) in [6.45, 7) is 2.01. The molecule has 0 saturated carbocycles. The number of benzene rings is 2. The Bertz CT molecular complexity index is 707. The van der Waals surface area contributed by atoms with Crippen molar-refractivity contribution in [3.8, 4) is 5.75 Å². The van der Waals surface area contributed by atoms with Crippen molar-refractivity contribution < 1.29 is 9.53 Å². The van der Waals surface area contributed by atoms with Crippen LogP contribution in [0.2, 0.25) is 0 Å². The third-order valence-corrected chi connectivity index (χ3v) is 5.14. The molecule has 130 valence electrons. The Morgan fingerprint density at radius 1 is 1.12 bits per heavy atom. The van der Waals surface area contributed by atoms with Crippen LogP contribution < -0.4 is 10.1 Å². The van der Waals surface area contributed by atoms with E-state index in [9.17, 15) is 4.79 Å². The van der Waals surface area contributed by atoms with Gasteiger partial charge in [0, 0.05) is 12.5 Å². The molecular formula is C21H24N2O2. The van der Waals surface area contributed by atoms with Gasteiger partial charge in [-0.15, -0.1) is 0 Å². The Morgan fingerprint density at radius 2 is 1.92 bits per heavy atom. The van der Waals surface area contributed by atoms with Crippen LogP contribution in [-0.4, -0.2) is 36.5 Å². The molecule has 2 atom stereocenters. The lowest BCUT2D eigenvalue weighted by Crippen LogP contribution is -2.41. The molecule has 1 fully saturated rings. The summed E-state index contributed by atoms with van der Waals surface area (Å²) in [4.78, 5) is 14.7. The minimum atomic E-state index is 0.0462. The van der Waals surface area contributed by atoms with Crippen LogP contribution in [0.4, 0.5) is 0 Å². The molecule has 1 saturated heterocycles. The fourth-order valence-electron chi connectivity index (χ4n) is 3.90. The van der Waals surface area contributed by atoms with E-state index in [0.717, 1.165) is 31.6 Å². The quantitative estimate of drug-likeness (QED) is 0.913. The van der Waals surface area contributed by atoms with Gasteiger partial charge in [-0.25, -0.2) is 0 Å². The van der Waals surface area contributed by atoms with Crippen molar-refractivity contribution in [2.75, 3.05) is 19.6 Å². The molecule has 2 aliphatic heterocycles. The number of carbonyl (C=O) groups excluding carboxylic acids is 1. The Labute approximate surface area is 148 Å². The van der Waals surface area contributed by atoms with Crippen LogP contribution in [0, 0.1) is 0 Å². The first-order valence-electron chi connectivity index (χ1n) is 9.10. The summed E-state index contributed by atoms with van der Waals surface area (Å²) >= 11 is 0. The van der Waals surface area contributed by atoms with Gasteiger partial charge in [0.2, 0.25) is 5.91 Å². The highest BCUT2D eigenvalue weighted by Crippen LogP contribution is 2.31. The molecule has 25 heavy (non-hydrogen) atoms. The highest BCUT2D eigenvalue weighted by Gasteiger charge is 2.28. The normalized spacial score (nSPS) is 22.4. The van der Waals surface area contributed by atoms with E-state index in [-0.39, 0.29) is 12.0 Å². The first-order valence-corrected chi connectivity index (χ1v) is 9.10. The van der Waals surface area contributed by atoms with E-state index < -0.39 is 0 Å². The van der Waals surface area contributed by atoms with Crippen LogP contribution >= 0.6 is 0 Å². The highest BCUT2D eigenvalue weighted by atomic mass is 16.5. The maximum atomic E-state index is 12.4. The zero-order chi connectivity index (χ0) is 17.1. The number of amides is 1. The van der Waals surface area contributed by atoms with Gasteiger partial charge >= 0.3 is 0 Å². The number of hydrogen-bond acceptors (Lipinski definition) is 3. The number of hydrogen-bond donors (Lipinski definition) is 1. The summed E-state index contributed by atoms with van der Waals surface area (Å²) in [7, 11) is 0. The molecule has 0 aromatic heterocycles. The van der Waals surface area contributed by atoms with Crippen LogP contribution in [-0.2, 0) is 11.2 Å². The van der Waals surface area contributed by atoms with E-state index in [1.807, 2.05) is 24.3 Å². The van der Waals surface area contributed by atoms with Crippen LogP contribution in [0.1, 0.15) is 30.0 Å². The standard InChI is InChI=1S/C21H24N2O2/c24-21(22-14-18-13-17-9-4-5-11-20(17)25-18)15-23-12-6-10-19(23)16-7-2-1-3-8-16/h1-5,7-9,11,18-19H,6,10,12-15H2,(H,22,24). The van der Waals surface area contributed by atoms with Crippen LogP contribution in [0.15, 0.2) is 54.6 Å². The van der Waals surface area contributed by atoms with Crippen molar-refractivity contribution in [3.63, 3.8) is 0 Å². The minimum absolute atomic E-state index is 0.0462. The summed E-state index contributed by atoms with van der Waals surface area (Å²) in [6.07, 6.45) is 3.18. The zero-order valence-electron chi connectivity index (χ0n) is 14.4. The SMILES string of the molecule is O=C(CN1CCCC1c1ccccc1)NCC1Cc2ccccc2O1. The van der Waals surface area contributed by atoms with E-state index in [1.165, 1.54) is 11.1 Å². The fraction of sp³-hybridized carbons (Fsp3) is 0.381. The molecule has 2 unspecified atom stereocenters. The largest absolute Gasteiger partial charge is 0.488 e. The third kappa shape index (κ3) is 3.69. The van der Waals surface area contributed by atoms with Gasteiger partial charge in [-0.1, -0.05) is 48.5 Å². The molecule has 4 heteroatoms. The molecule has 2 aliphatic rings. The molecular weight excluding hydrogens is 312 g/mol. The summed E-state index contributed by atoms with van der Waals surface area (Å²) < 4.78 is 5.89. The second kappa shape index (κ2) is 7.28. The van der Waals surface area contributed by atoms with Crippen LogP contribution in [0.25, 0.3) is 0 Å². The molecule has 2 aromatic carbocycles. The Kier molecular flexibility index (Phi) is 4.70. The topological polar surface area (TPSA) is 41.6 Å². The van der Waals surface area contributed by atoms with E-state index in [4.69, 9.17) is 4.74 Å². The molecule has 1 amide bonds. The van der Waals surface area contributed by atoms with Crippen molar-refractivity contribution in [1.29, 1.82) is 0 Å². The maximum absolute atomic E-state index is 12.4. The summed E-state index contributed by atoms with van der Waals surface area (Å²) in [5.74, 6) is 1.04. The van der Waals surface area contributed by atoms with E-state index in [2.05, 4.69) is 40.5 Å². The van der Waals surface area contributed by atoms with Gasteiger partial charge in [-0.2, -0.15) is 0 Å². The Hall–Kier alpha value is -2.33. The zero-order valence-corrected chi connectivity index (χ0v) is 14.4. The molecule has 0 aliphatic carbocycles. The molecule has 1 N–H and O–H groups in total. The number of rotatable bonds is 5. The van der Waals surface area contributed by atoms with E-state index in [0.29, 0.717) is 19.1 Å². The predicted molar refractivity (Wildman–Crippen MR) is 97.6 cm³/mol. The fourth-order valence-corrected chi connectivity index (χ4v) is 3.90. The number of fused-ring (bicyclic) bond motifs is 1. The number of nitrogens with zero attached hydrogens (tertiary/aromatic N) is 1. The maximum Gasteiger partial charge on any atom is 0.234 e. The van der Waals surface area contributed by atoms with E-state index in [1.54, 1.807) is 0 Å². The number of carbonyl (C=O) groups is 1. The molecule has 0 spiro atoms. The van der Waals surface area contributed by atoms with Crippen molar-refractivity contribution in [1.82, 2.24) is 10.2 Å². The average molecular weight is 336 g/mol. The highest BCUT2D eigenvalue weighted by molar-refractivity contribution is 5.78. The first-order chi connectivity index (χ1) is 12.3. The Balaban J connectivity index is 1.28. The number of likely N-dealkylation sites (tertiary alicyclic amines) is 1. The van der Waals surface area contributed by atoms with Crippen molar-refractivity contribution in [2.24, 2.45) is 0 Å². The van der Waals surface area contributed by atoms with Crippen molar-refractivity contribution in [3.05, 3.63) is 65.7 Å². The summed E-state index contributed by atoms with van der Waals surface area (Å²) in [5, 5.41) is 3.05. The molecule has 0 radical (unpaired) electrons. The van der Waals surface area contributed by atoms with Gasteiger partial charge in [0.05, 0.1) is 13.1 Å². The van der Waals surface area contributed by atoms with Crippen molar-refractivity contribution >= 4 is 5.91 Å². The molecule has 2 aromatic rings. The second-order valence-corrected chi connectivity index (χ2v) is 6.89. The monoisotopic (exact) mass is 336 g/mol. The second-order valence-electron chi connectivity index (χ2n) is 6.89. The molecule has 0 bridgehead atoms. The number of nitrogens with one attached hydrogen (secondary N) is 1. The predicted octanol–water partition coefficient (Wildman–Crippen LogP) is 2.94. The lowest BCUT2D eigenvalue weighted by molar-refractivity contribution is -0.122. The summed E-state index contributed by atoms with van der Waals surface area (Å²) in [5.41, 5.74) is 2.54. The minimum Gasteiger partial charge on any atom is -0.488 e. The van der Waals surface area contributed by atoms with Gasteiger partial charge in [0.1, 0.15) is 11.9 Å². The number of ether oxygens (including phenoxy) is 1. The van der Waals surface area contributed by atoms with Gasteiger partial charge in [0.15, 0.2) is 0 Å². The average Bonchev–Trinajstić information content (AvgIpc) is 3.27. The lowest BCUT2D eigenvalue weighted by atomic mass is 10.0.